The summed E-state index contributed by atoms with van der Waals surface area (Å²) in [5.74, 6) is 1.34. The number of ether oxygens (including phenoxy) is 1. The van der Waals surface area contributed by atoms with Crippen LogP contribution in [-0.4, -0.2) is 22.2 Å². The number of nitrogens with one attached hydrogen (secondary N) is 1. The molecule has 28 heavy (non-hydrogen) atoms. The summed E-state index contributed by atoms with van der Waals surface area (Å²) in [7, 11) is 0. The molecule has 0 fully saturated rings. The van der Waals surface area contributed by atoms with Crippen molar-refractivity contribution in [3.63, 3.8) is 0 Å². The highest BCUT2D eigenvalue weighted by atomic mass is 19.1. The van der Waals surface area contributed by atoms with E-state index in [0.29, 0.717) is 24.4 Å². The predicted molar refractivity (Wildman–Crippen MR) is 106 cm³/mol. The first-order valence-electron chi connectivity index (χ1n) is 9.46. The molecule has 1 atom stereocenters. The second kappa shape index (κ2) is 7.46. The van der Waals surface area contributed by atoms with E-state index in [1.165, 1.54) is 12.1 Å². The molecule has 0 saturated carbocycles. The third-order valence-electron chi connectivity index (χ3n) is 4.83. The molecule has 0 saturated heterocycles. The van der Waals surface area contributed by atoms with Gasteiger partial charge in [0, 0.05) is 12.1 Å². The molecule has 1 aliphatic carbocycles. The van der Waals surface area contributed by atoms with Crippen molar-refractivity contribution in [3.05, 3.63) is 65.6 Å². The number of rotatable bonds is 5. The zero-order valence-corrected chi connectivity index (χ0v) is 15.9. The van der Waals surface area contributed by atoms with Gasteiger partial charge in [0.15, 0.2) is 11.6 Å². The molecule has 0 bridgehead atoms. The van der Waals surface area contributed by atoms with Crippen LogP contribution in [0.4, 0.5) is 15.9 Å². The van der Waals surface area contributed by atoms with Crippen LogP contribution in [0, 0.1) is 11.7 Å². The van der Waals surface area contributed by atoms with E-state index in [2.05, 4.69) is 17.3 Å². The van der Waals surface area contributed by atoms with E-state index in [4.69, 9.17) is 4.74 Å². The van der Waals surface area contributed by atoms with E-state index in [1.807, 2.05) is 31.2 Å². The lowest BCUT2D eigenvalue weighted by molar-refractivity contribution is 0.0953. The predicted octanol–water partition coefficient (Wildman–Crippen LogP) is 4.92. The van der Waals surface area contributed by atoms with Crippen LogP contribution in [0.15, 0.2) is 48.5 Å². The summed E-state index contributed by atoms with van der Waals surface area (Å²) in [5.41, 5.74) is 3.04. The average molecular weight is 379 g/mol. The minimum atomic E-state index is -0.304. The topological polar surface area (TPSA) is 56.1 Å². The Labute approximate surface area is 163 Å². The molecule has 144 valence electrons. The average Bonchev–Trinajstić information content (AvgIpc) is 3.02. The van der Waals surface area contributed by atoms with Gasteiger partial charge in [0.25, 0.3) is 0 Å². The Kier molecular flexibility index (Phi) is 4.86. The fourth-order valence-corrected chi connectivity index (χ4v) is 3.58. The molecule has 4 rings (SSSR count). The molecule has 0 spiro atoms. The zero-order chi connectivity index (χ0) is 19.7. The molecule has 6 heteroatoms. The number of ketones is 1. The molecule has 0 radical (unpaired) electrons. The van der Waals surface area contributed by atoms with Crippen LogP contribution in [0.5, 0.6) is 5.75 Å². The van der Waals surface area contributed by atoms with E-state index < -0.39 is 0 Å². The molecular weight excluding hydrogens is 357 g/mol. The minimum absolute atomic E-state index is 0.0792. The summed E-state index contributed by atoms with van der Waals surface area (Å²) < 4.78 is 20.6. The molecule has 5 nitrogen and oxygen atoms in total. The first-order valence-corrected chi connectivity index (χ1v) is 9.46. The van der Waals surface area contributed by atoms with Crippen molar-refractivity contribution < 1.29 is 13.9 Å². The third-order valence-corrected chi connectivity index (χ3v) is 4.83. The third kappa shape index (κ3) is 3.50. The Morgan fingerprint density at radius 1 is 1.14 bits per heavy atom. The van der Waals surface area contributed by atoms with Gasteiger partial charge in [-0.05, 0) is 67.8 Å². The lowest BCUT2D eigenvalue weighted by atomic mass is 9.87. The second-order valence-electron chi connectivity index (χ2n) is 7.08. The summed E-state index contributed by atoms with van der Waals surface area (Å²) in [5, 5.41) is 7.93. The van der Waals surface area contributed by atoms with Gasteiger partial charge in [-0.3, -0.25) is 4.79 Å². The first-order chi connectivity index (χ1) is 13.5. The van der Waals surface area contributed by atoms with Crippen molar-refractivity contribution in [1.82, 2.24) is 9.78 Å². The lowest BCUT2D eigenvalue weighted by Crippen LogP contribution is -2.19. The summed E-state index contributed by atoms with van der Waals surface area (Å²) in [6, 6.07) is 13.7. The van der Waals surface area contributed by atoms with E-state index >= 15 is 0 Å². The monoisotopic (exact) mass is 379 g/mol. The van der Waals surface area contributed by atoms with Crippen LogP contribution in [-0.2, 0) is 6.42 Å². The SMILES string of the molecule is CCOc1ccc(Nc2nn(-c3ccc(F)cc3)c3c2C(=O)C[C@H](C)C3)cc1. The number of aromatic nitrogens is 2. The Hall–Kier alpha value is -3.15. The van der Waals surface area contributed by atoms with Crippen molar-refractivity contribution in [3.8, 4) is 11.4 Å². The van der Waals surface area contributed by atoms with Gasteiger partial charge in [0.2, 0.25) is 0 Å². The van der Waals surface area contributed by atoms with E-state index in [1.54, 1.807) is 16.8 Å². The summed E-state index contributed by atoms with van der Waals surface area (Å²) in [6.45, 7) is 4.60. The highest BCUT2D eigenvalue weighted by Gasteiger charge is 2.31. The van der Waals surface area contributed by atoms with Crippen LogP contribution in [0.3, 0.4) is 0 Å². The molecule has 3 aromatic rings. The van der Waals surface area contributed by atoms with Gasteiger partial charge in [0.05, 0.1) is 23.6 Å². The van der Waals surface area contributed by atoms with Crippen molar-refractivity contribution in [1.29, 1.82) is 0 Å². The number of hydrogen-bond acceptors (Lipinski definition) is 4. The molecule has 0 aliphatic heterocycles. The maximum absolute atomic E-state index is 13.3. The molecule has 0 amide bonds. The van der Waals surface area contributed by atoms with Crippen LogP contribution in [0.1, 0.15) is 36.3 Å². The maximum Gasteiger partial charge on any atom is 0.168 e. The van der Waals surface area contributed by atoms with Crippen molar-refractivity contribution in [2.24, 2.45) is 5.92 Å². The van der Waals surface area contributed by atoms with Gasteiger partial charge in [0.1, 0.15) is 11.6 Å². The molecule has 1 aromatic heterocycles. The Balaban J connectivity index is 1.74. The quantitative estimate of drug-likeness (QED) is 0.684. The number of benzene rings is 2. The van der Waals surface area contributed by atoms with Crippen LogP contribution >= 0.6 is 0 Å². The number of Topliss-reactive ketones (excluding diaryl/α,β-unsaturated/α-hetero) is 1. The number of carbonyl (C=O) groups is 1. The fourth-order valence-electron chi connectivity index (χ4n) is 3.58. The fraction of sp³-hybridized carbons (Fsp3) is 0.273. The van der Waals surface area contributed by atoms with Gasteiger partial charge in [-0.2, -0.15) is 0 Å². The zero-order valence-electron chi connectivity index (χ0n) is 15.9. The molecule has 2 aromatic carbocycles. The summed E-state index contributed by atoms with van der Waals surface area (Å²) in [4.78, 5) is 12.8. The number of fused-ring (bicyclic) bond motifs is 1. The van der Waals surface area contributed by atoms with Gasteiger partial charge >= 0.3 is 0 Å². The molecule has 1 aliphatic rings. The highest BCUT2D eigenvalue weighted by Crippen LogP contribution is 2.34. The molecule has 1 heterocycles. The van der Waals surface area contributed by atoms with Crippen LogP contribution < -0.4 is 10.1 Å². The number of halogens is 1. The van der Waals surface area contributed by atoms with E-state index in [0.717, 1.165) is 29.2 Å². The minimum Gasteiger partial charge on any atom is -0.494 e. The van der Waals surface area contributed by atoms with Crippen LogP contribution in [0.2, 0.25) is 0 Å². The van der Waals surface area contributed by atoms with Crippen LogP contribution in [0.25, 0.3) is 5.69 Å². The summed E-state index contributed by atoms with van der Waals surface area (Å²) >= 11 is 0. The van der Waals surface area contributed by atoms with Gasteiger partial charge < -0.3 is 10.1 Å². The Morgan fingerprint density at radius 3 is 2.54 bits per heavy atom. The normalized spacial score (nSPS) is 16.0. The largest absolute Gasteiger partial charge is 0.494 e. The Morgan fingerprint density at radius 2 is 1.86 bits per heavy atom. The van der Waals surface area contributed by atoms with Gasteiger partial charge in [-0.25, -0.2) is 9.07 Å². The molecular formula is C22H22FN3O2. The number of anilines is 2. The highest BCUT2D eigenvalue weighted by molar-refractivity contribution is 6.03. The summed E-state index contributed by atoms with van der Waals surface area (Å²) in [6.07, 6.45) is 1.25. The number of carbonyl (C=O) groups excluding carboxylic acids is 1. The van der Waals surface area contributed by atoms with Crippen molar-refractivity contribution in [2.45, 2.75) is 26.7 Å². The van der Waals surface area contributed by atoms with E-state index in [9.17, 15) is 9.18 Å². The van der Waals surface area contributed by atoms with Gasteiger partial charge in [-0.1, -0.05) is 6.92 Å². The Bertz CT molecular complexity index is 994. The first kappa shape index (κ1) is 18.2. The maximum atomic E-state index is 13.3. The van der Waals surface area contributed by atoms with E-state index in [-0.39, 0.29) is 17.5 Å². The second-order valence-corrected chi connectivity index (χ2v) is 7.08. The smallest absolute Gasteiger partial charge is 0.168 e. The lowest BCUT2D eigenvalue weighted by Gasteiger charge is -2.19. The van der Waals surface area contributed by atoms with Crippen molar-refractivity contribution >= 4 is 17.3 Å². The molecule has 0 unspecified atom stereocenters. The number of nitrogens with zero attached hydrogens (tertiary/aromatic N) is 2. The molecule has 1 N–H and O–H groups in total. The van der Waals surface area contributed by atoms with Gasteiger partial charge in [-0.15, -0.1) is 5.10 Å². The van der Waals surface area contributed by atoms with Crippen molar-refractivity contribution in [2.75, 3.05) is 11.9 Å². The standard InChI is InChI=1S/C22H22FN3O2/c1-3-28-18-10-6-16(7-11-18)24-22-21-19(12-14(2)13-20(21)27)26(25-22)17-8-4-15(23)5-9-17/h4-11,14H,3,12-13H2,1-2H3,(H,24,25)/t14-/m1/s1. The number of hydrogen-bond donors (Lipinski definition) is 1.